The lowest BCUT2D eigenvalue weighted by atomic mass is 9.82. The van der Waals surface area contributed by atoms with Crippen molar-refractivity contribution in [3.8, 4) is 33.6 Å². The van der Waals surface area contributed by atoms with Crippen LogP contribution in [0.3, 0.4) is 0 Å². The summed E-state index contributed by atoms with van der Waals surface area (Å²) in [4.78, 5) is 75.1. The number of aromatic nitrogens is 4. The molecule has 5 aliphatic rings. The molecule has 0 aliphatic carbocycles. The van der Waals surface area contributed by atoms with Crippen molar-refractivity contribution < 1.29 is 38.1 Å². The first-order valence-corrected chi connectivity index (χ1v) is 22.5. The number of methoxy groups -OCH3 is 2. The number of likely N-dealkylation sites (tertiary alicyclic amines) is 2. The van der Waals surface area contributed by atoms with Gasteiger partial charge in [-0.2, -0.15) is 0 Å². The maximum atomic E-state index is 14.1. The molecule has 4 N–H and O–H groups in total. The van der Waals surface area contributed by atoms with Crippen molar-refractivity contribution in [3.63, 3.8) is 0 Å². The first-order chi connectivity index (χ1) is 30.8. The number of carbonyl (C=O) groups excluding carboxylic acids is 4. The Hall–Kier alpha value is -5.78. The number of nitrogens with one attached hydrogen (secondary N) is 4. The third-order valence-electron chi connectivity index (χ3n) is 14.0. The summed E-state index contributed by atoms with van der Waals surface area (Å²) in [6, 6.07) is 11.3. The lowest BCUT2D eigenvalue weighted by molar-refractivity contribution is -0.153. The maximum absolute atomic E-state index is 14.1. The molecule has 0 radical (unpaired) electrons. The van der Waals surface area contributed by atoms with E-state index in [1.807, 2.05) is 38.8 Å². The van der Waals surface area contributed by atoms with Gasteiger partial charge in [0.2, 0.25) is 11.8 Å². The molecule has 5 aliphatic heterocycles. The van der Waals surface area contributed by atoms with Crippen LogP contribution in [0.5, 0.6) is 0 Å². The number of fused-ring (bicyclic) bond motifs is 5. The van der Waals surface area contributed by atoms with Gasteiger partial charge in [0.25, 0.3) is 0 Å². The summed E-state index contributed by atoms with van der Waals surface area (Å²) in [7, 11) is 4.79. The van der Waals surface area contributed by atoms with E-state index in [0.717, 1.165) is 59.6 Å². The van der Waals surface area contributed by atoms with E-state index in [1.54, 1.807) is 11.1 Å². The topological polar surface area (TPSA) is 196 Å². The molecule has 7 heterocycles. The zero-order chi connectivity index (χ0) is 45.0. The van der Waals surface area contributed by atoms with Crippen LogP contribution in [0.4, 0.5) is 9.59 Å². The van der Waals surface area contributed by atoms with Crippen molar-refractivity contribution in [2.24, 2.45) is 11.8 Å². The van der Waals surface area contributed by atoms with Crippen LogP contribution in [-0.2, 0) is 28.5 Å². The predicted molar refractivity (Wildman–Crippen MR) is 235 cm³/mol. The average molecular weight is 878 g/mol. The second-order valence-corrected chi connectivity index (χ2v) is 18.4. The fourth-order valence-electron chi connectivity index (χ4n) is 10.7. The molecule has 2 bridgehead atoms. The van der Waals surface area contributed by atoms with Gasteiger partial charge >= 0.3 is 12.2 Å². The zero-order valence-corrected chi connectivity index (χ0v) is 37.6. The Morgan fingerprint density at radius 1 is 0.703 bits per heavy atom. The number of H-pyrrole nitrogens is 2. The normalized spacial score (nSPS) is 23.3. The molecule has 17 nitrogen and oxygen atoms in total. The summed E-state index contributed by atoms with van der Waals surface area (Å²) in [6.45, 7) is 9.27. The summed E-state index contributed by atoms with van der Waals surface area (Å²) in [5.74, 6) is -0.283. The highest BCUT2D eigenvalue weighted by atomic mass is 16.7. The number of carbonyl (C=O) groups is 4. The van der Waals surface area contributed by atoms with Crippen LogP contribution in [0.15, 0.2) is 48.8 Å². The summed E-state index contributed by atoms with van der Waals surface area (Å²) in [5, 5.41) is 5.45. The Balaban J connectivity index is 0.968. The third-order valence-corrected chi connectivity index (χ3v) is 14.0. The van der Waals surface area contributed by atoms with Crippen molar-refractivity contribution in [1.82, 2.24) is 45.3 Å². The highest BCUT2D eigenvalue weighted by Gasteiger charge is 2.53. The molecular weight excluding hydrogens is 819 g/mol. The average Bonchev–Trinajstić information content (AvgIpc) is 4.17. The number of rotatable bonds is 11. The Morgan fingerprint density at radius 3 is 1.84 bits per heavy atom. The van der Waals surface area contributed by atoms with Gasteiger partial charge in [0.15, 0.2) is 5.79 Å². The van der Waals surface area contributed by atoms with Gasteiger partial charge in [-0.1, -0.05) is 64.1 Å². The van der Waals surface area contributed by atoms with E-state index in [1.165, 1.54) is 30.9 Å². The second-order valence-electron chi connectivity index (χ2n) is 18.4. The summed E-state index contributed by atoms with van der Waals surface area (Å²) >= 11 is 0. The van der Waals surface area contributed by atoms with Crippen LogP contribution < -0.4 is 10.6 Å². The van der Waals surface area contributed by atoms with Crippen LogP contribution in [0, 0.1) is 11.8 Å². The van der Waals surface area contributed by atoms with Crippen molar-refractivity contribution in [1.29, 1.82) is 0 Å². The summed E-state index contributed by atoms with van der Waals surface area (Å²) in [5.41, 5.74) is 8.78. The minimum atomic E-state index is -0.939. The fraction of sp³-hybridized carbons (Fsp3) is 0.532. The smallest absolute Gasteiger partial charge is 0.407 e. The molecule has 4 saturated heterocycles. The molecule has 2 unspecified atom stereocenters. The highest BCUT2D eigenvalue weighted by molar-refractivity contribution is 5.87. The van der Waals surface area contributed by atoms with Crippen LogP contribution in [0.2, 0.25) is 0 Å². The largest absolute Gasteiger partial charge is 0.453 e. The number of amides is 4. The number of aromatic amines is 2. The van der Waals surface area contributed by atoms with Crippen LogP contribution >= 0.6 is 0 Å². The standard InChI is InChI=1S/C47H59N9O8/c1-25(2)39(52-45(59)61-6)43(57)55-18-8-9-35(55)41-49-23-32(51-41)30-15-14-29(37-33-16-17-34(38(30)37)54(33)5)27-10-12-28(13-11-27)31-22-48-42(50-31)36-21-47(63-19-20-64-47)24-56(36)44(58)40(26(3)4)53-46(60)62-7/h10-15,22-23,25-26,33-36,39-40H,8-9,16-21,24H2,1-7H3,(H,48,50)(H,49,51)(H,52,59)(H,53,60)/t33?,34?,35-,36-,39-,40-/m0/s1. The SMILES string of the molecule is COC(=O)N[C@H](C(=O)N1CC2(C[C@H]1c1ncc(-c3ccc(-c4ccc(-c5cnc([C@@H]6CCCN6C(=O)[C@@H](NC(=O)OC)C(C)C)[nH]5)c5c4C4CCC5N4C)cc3)[nH]1)OCCO2)C(C)C. The van der Waals surface area contributed by atoms with Gasteiger partial charge in [0, 0.05) is 30.6 Å². The van der Waals surface area contributed by atoms with Crippen molar-refractivity contribution in [3.05, 3.63) is 71.6 Å². The van der Waals surface area contributed by atoms with Crippen molar-refractivity contribution in [2.75, 3.05) is 47.6 Å². The molecule has 64 heavy (non-hydrogen) atoms. The Labute approximate surface area is 372 Å². The molecule has 0 saturated carbocycles. The van der Waals surface area contributed by atoms with E-state index in [0.29, 0.717) is 32.0 Å². The second kappa shape index (κ2) is 17.3. The molecule has 1 spiro atoms. The monoisotopic (exact) mass is 877 g/mol. The van der Waals surface area contributed by atoms with Crippen molar-refractivity contribution in [2.45, 2.75) is 102 Å². The molecule has 17 heteroatoms. The Bertz CT molecular complexity index is 2410. The first kappa shape index (κ1) is 43.5. The molecule has 4 amide bonds. The van der Waals surface area contributed by atoms with Gasteiger partial charge < -0.3 is 49.3 Å². The molecule has 4 aromatic rings. The highest BCUT2D eigenvalue weighted by Crippen LogP contribution is 2.57. The van der Waals surface area contributed by atoms with E-state index >= 15 is 0 Å². The van der Waals surface area contributed by atoms with E-state index in [9.17, 15) is 19.2 Å². The van der Waals surface area contributed by atoms with Crippen molar-refractivity contribution >= 4 is 24.0 Å². The molecule has 9 rings (SSSR count). The minimum Gasteiger partial charge on any atom is -0.453 e. The minimum absolute atomic E-state index is 0.117. The number of hydrogen-bond donors (Lipinski definition) is 4. The lowest BCUT2D eigenvalue weighted by Gasteiger charge is -2.30. The molecule has 2 aromatic carbocycles. The quantitative estimate of drug-likeness (QED) is 0.130. The number of nitrogens with zero attached hydrogens (tertiary/aromatic N) is 5. The van der Waals surface area contributed by atoms with E-state index in [2.05, 4.69) is 68.9 Å². The molecule has 6 atom stereocenters. The van der Waals surface area contributed by atoms with Gasteiger partial charge in [-0.3, -0.25) is 14.5 Å². The van der Waals surface area contributed by atoms with Crippen LogP contribution in [0.1, 0.15) is 107 Å². The van der Waals surface area contributed by atoms with E-state index in [4.69, 9.17) is 28.9 Å². The van der Waals surface area contributed by atoms with Gasteiger partial charge in [-0.05, 0) is 72.4 Å². The molecule has 340 valence electrons. The molecule has 2 aromatic heterocycles. The van der Waals surface area contributed by atoms with Gasteiger partial charge in [-0.25, -0.2) is 19.6 Å². The first-order valence-electron chi connectivity index (χ1n) is 22.5. The third kappa shape index (κ3) is 7.70. The predicted octanol–water partition coefficient (Wildman–Crippen LogP) is 6.40. The van der Waals surface area contributed by atoms with E-state index in [-0.39, 0.29) is 48.3 Å². The van der Waals surface area contributed by atoms with Gasteiger partial charge in [0.05, 0.1) is 69.8 Å². The maximum Gasteiger partial charge on any atom is 0.407 e. The van der Waals surface area contributed by atoms with Crippen LogP contribution in [0.25, 0.3) is 33.6 Å². The fourth-order valence-corrected chi connectivity index (χ4v) is 10.7. The number of alkyl carbamates (subject to hydrolysis) is 2. The molecule has 4 fully saturated rings. The number of benzene rings is 2. The number of imidazole rings is 2. The number of ether oxygens (including phenoxy) is 4. The summed E-state index contributed by atoms with van der Waals surface area (Å²) < 4.78 is 21.8. The Morgan fingerprint density at radius 2 is 1.23 bits per heavy atom. The zero-order valence-electron chi connectivity index (χ0n) is 37.6. The summed E-state index contributed by atoms with van der Waals surface area (Å²) in [6.07, 6.45) is 6.58. The van der Waals surface area contributed by atoms with Gasteiger partial charge in [-0.15, -0.1) is 0 Å². The van der Waals surface area contributed by atoms with E-state index < -0.39 is 36.1 Å². The van der Waals surface area contributed by atoms with Gasteiger partial charge in [0.1, 0.15) is 23.7 Å². The Kier molecular flexibility index (Phi) is 11.8. The number of hydrogen-bond acceptors (Lipinski definition) is 11. The van der Waals surface area contributed by atoms with Crippen LogP contribution in [-0.4, -0.2) is 124 Å². The molecular formula is C47H59N9O8. The lowest BCUT2D eigenvalue weighted by Crippen LogP contribution is -2.52.